The number of rotatable bonds is 9. The van der Waals surface area contributed by atoms with E-state index in [0.29, 0.717) is 29.5 Å². The largest absolute Gasteiger partial charge is 0.368 e. The number of hydrogen-bond acceptors (Lipinski definition) is 7. The molecule has 2 aromatic heterocycles. The number of nitrogens with two attached hydrogens (primary N) is 1. The summed E-state index contributed by atoms with van der Waals surface area (Å²) in [6.45, 7) is 7.99. The van der Waals surface area contributed by atoms with Crippen molar-refractivity contribution in [1.82, 2.24) is 25.2 Å². The Morgan fingerprint density at radius 1 is 1.24 bits per heavy atom. The highest BCUT2D eigenvalue weighted by Crippen LogP contribution is 2.35. The minimum atomic E-state index is -1.06. The maximum atomic E-state index is 14.5. The highest BCUT2D eigenvalue weighted by Gasteiger charge is 2.49. The lowest BCUT2D eigenvalue weighted by Gasteiger charge is -2.35. The summed E-state index contributed by atoms with van der Waals surface area (Å²) < 4.78 is 14.5. The zero-order chi connectivity index (χ0) is 29.9. The summed E-state index contributed by atoms with van der Waals surface area (Å²) in [5, 5.41) is 6.29. The van der Waals surface area contributed by atoms with Crippen LogP contribution in [0, 0.1) is 11.7 Å². The van der Waals surface area contributed by atoms with Crippen LogP contribution in [0.2, 0.25) is 5.02 Å². The lowest BCUT2D eigenvalue weighted by molar-refractivity contribution is -0.144. The Hall–Kier alpha value is -4.12. The number of amides is 3. The average Bonchev–Trinajstić information content (AvgIpc) is 3.25. The van der Waals surface area contributed by atoms with E-state index in [1.165, 1.54) is 35.5 Å². The van der Waals surface area contributed by atoms with Crippen LogP contribution in [0.3, 0.4) is 0 Å². The van der Waals surface area contributed by atoms with Gasteiger partial charge in [0.15, 0.2) is 5.82 Å². The van der Waals surface area contributed by atoms with Crippen molar-refractivity contribution in [3.63, 3.8) is 0 Å². The van der Waals surface area contributed by atoms with Crippen LogP contribution in [0.25, 0.3) is 11.4 Å². The van der Waals surface area contributed by atoms with Crippen LogP contribution in [0.4, 0.5) is 15.9 Å². The van der Waals surface area contributed by atoms with E-state index >= 15 is 0 Å². The summed E-state index contributed by atoms with van der Waals surface area (Å²) in [4.78, 5) is 52.7. The molecule has 3 aromatic rings. The van der Waals surface area contributed by atoms with Crippen LogP contribution in [-0.2, 0) is 9.59 Å². The summed E-state index contributed by atoms with van der Waals surface area (Å²) in [6.07, 6.45) is 5.22. The molecule has 4 N–H and O–H groups in total. The minimum absolute atomic E-state index is 0.00230. The fourth-order valence-corrected chi connectivity index (χ4v) is 5.07. The van der Waals surface area contributed by atoms with Gasteiger partial charge in [-0.2, -0.15) is 0 Å². The monoisotopic (exact) mass is 581 g/mol. The van der Waals surface area contributed by atoms with Gasteiger partial charge in [-0.1, -0.05) is 32.4 Å². The number of primary amides is 1. The van der Waals surface area contributed by atoms with Crippen LogP contribution in [-0.4, -0.2) is 56.2 Å². The molecule has 3 heterocycles. The van der Waals surface area contributed by atoms with Gasteiger partial charge in [-0.15, -0.1) is 0 Å². The molecular formula is C29H33ClFN7O3. The first kappa shape index (κ1) is 29.9. The number of anilines is 2. The molecule has 216 valence electrons. The molecule has 1 saturated heterocycles. The second kappa shape index (κ2) is 12.2. The number of nitrogens with one attached hydrogen (secondary N) is 2. The molecule has 4 rings (SSSR count). The molecule has 0 spiro atoms. The summed E-state index contributed by atoms with van der Waals surface area (Å²) in [5.41, 5.74) is 6.10. The normalized spacial score (nSPS) is 18.4. The van der Waals surface area contributed by atoms with E-state index in [2.05, 4.69) is 25.6 Å². The Morgan fingerprint density at radius 2 is 2.00 bits per heavy atom. The van der Waals surface area contributed by atoms with Gasteiger partial charge >= 0.3 is 0 Å². The number of likely N-dealkylation sites (tertiary alicyclic amines) is 1. The van der Waals surface area contributed by atoms with Crippen molar-refractivity contribution in [3.8, 4) is 11.4 Å². The number of benzene rings is 1. The molecule has 3 amide bonds. The first-order valence-electron chi connectivity index (χ1n) is 13.4. The third-order valence-corrected chi connectivity index (χ3v) is 7.89. The topological polar surface area (TPSA) is 143 Å². The Morgan fingerprint density at radius 3 is 2.71 bits per heavy atom. The van der Waals surface area contributed by atoms with Crippen molar-refractivity contribution in [2.75, 3.05) is 18.4 Å². The molecule has 0 saturated carbocycles. The molecule has 1 fully saturated rings. The van der Waals surface area contributed by atoms with Gasteiger partial charge in [0.05, 0.1) is 16.8 Å². The summed E-state index contributed by atoms with van der Waals surface area (Å²) in [5.74, 6) is -1.29. The van der Waals surface area contributed by atoms with Crippen molar-refractivity contribution < 1.29 is 18.8 Å². The number of halogens is 2. The number of carbonyl (C=O) groups excluding carboxylic acids is 3. The number of hydrogen-bond donors (Lipinski definition) is 3. The van der Waals surface area contributed by atoms with E-state index in [1.807, 2.05) is 20.8 Å². The van der Waals surface area contributed by atoms with Crippen molar-refractivity contribution in [1.29, 1.82) is 0 Å². The third-order valence-electron chi connectivity index (χ3n) is 7.66. The molecule has 2 unspecified atom stereocenters. The summed E-state index contributed by atoms with van der Waals surface area (Å²) in [7, 11) is 0. The standard InChI is InChI=1S/C29H33ClFN7O3/c1-16(2)20-15-35-25(19-13-18(30)5-6-22(19)31)37-26(20)36-23-7-10-33-14-21(23)27(40)34-11-8-24(39)38-12-9-17(3)29(38,4)28(32)41/h5-7,10,13-17H,8-9,11-12H2,1-4H3,(H2,32,41)(H,34,40)(H,33,35,36,37). The predicted molar refractivity (Wildman–Crippen MR) is 154 cm³/mol. The van der Waals surface area contributed by atoms with Crippen LogP contribution >= 0.6 is 11.6 Å². The van der Waals surface area contributed by atoms with E-state index in [9.17, 15) is 18.8 Å². The Labute approximate surface area is 242 Å². The van der Waals surface area contributed by atoms with Gasteiger partial charge < -0.3 is 21.3 Å². The van der Waals surface area contributed by atoms with Gasteiger partial charge in [0.25, 0.3) is 5.91 Å². The Kier molecular flexibility index (Phi) is 8.86. The Balaban J connectivity index is 1.51. The number of carbonyl (C=O) groups is 3. The second-order valence-electron chi connectivity index (χ2n) is 10.6. The van der Waals surface area contributed by atoms with Crippen molar-refractivity contribution >= 4 is 40.8 Å². The Bertz CT molecular complexity index is 1480. The van der Waals surface area contributed by atoms with Crippen molar-refractivity contribution in [3.05, 3.63) is 64.8 Å². The van der Waals surface area contributed by atoms with Crippen LogP contribution in [0.1, 0.15) is 62.4 Å². The molecule has 0 aliphatic carbocycles. The fraction of sp³-hybridized carbons (Fsp3) is 0.379. The lowest BCUT2D eigenvalue weighted by Crippen LogP contribution is -2.57. The highest BCUT2D eigenvalue weighted by atomic mass is 35.5. The average molecular weight is 582 g/mol. The van der Waals surface area contributed by atoms with Gasteiger partial charge in [0.1, 0.15) is 17.2 Å². The highest BCUT2D eigenvalue weighted by molar-refractivity contribution is 6.30. The maximum Gasteiger partial charge on any atom is 0.254 e. The van der Waals surface area contributed by atoms with Gasteiger partial charge in [0, 0.05) is 48.7 Å². The fourth-order valence-electron chi connectivity index (χ4n) is 4.90. The molecule has 2 atom stereocenters. The number of aromatic nitrogens is 3. The van der Waals surface area contributed by atoms with Gasteiger partial charge in [-0.05, 0) is 49.4 Å². The van der Waals surface area contributed by atoms with Crippen LogP contribution in [0.15, 0.2) is 42.9 Å². The molecule has 0 bridgehead atoms. The first-order valence-corrected chi connectivity index (χ1v) is 13.7. The quantitative estimate of drug-likeness (QED) is 0.339. The van der Waals surface area contributed by atoms with E-state index in [4.69, 9.17) is 17.3 Å². The maximum absolute atomic E-state index is 14.5. The zero-order valence-corrected chi connectivity index (χ0v) is 24.1. The molecule has 1 aromatic carbocycles. The molecular weight excluding hydrogens is 549 g/mol. The first-order chi connectivity index (χ1) is 19.4. The summed E-state index contributed by atoms with van der Waals surface area (Å²) in [6, 6.07) is 5.76. The number of nitrogens with zero attached hydrogens (tertiary/aromatic N) is 4. The van der Waals surface area contributed by atoms with Crippen molar-refractivity contribution in [2.24, 2.45) is 11.7 Å². The lowest BCUT2D eigenvalue weighted by atomic mass is 9.87. The molecule has 41 heavy (non-hydrogen) atoms. The molecule has 12 heteroatoms. The van der Waals surface area contributed by atoms with Gasteiger partial charge in [0.2, 0.25) is 11.8 Å². The van der Waals surface area contributed by atoms with Crippen LogP contribution in [0.5, 0.6) is 0 Å². The molecule has 10 nitrogen and oxygen atoms in total. The molecule has 1 aliphatic rings. The second-order valence-corrected chi connectivity index (χ2v) is 11.0. The van der Waals surface area contributed by atoms with E-state index in [-0.39, 0.29) is 47.7 Å². The SMILES string of the molecule is CC(C)c1cnc(-c2cc(Cl)ccc2F)nc1Nc1ccncc1C(=O)NCCC(=O)N1CCC(C)C1(C)C(N)=O. The van der Waals surface area contributed by atoms with E-state index in [1.54, 1.807) is 19.2 Å². The van der Waals surface area contributed by atoms with E-state index < -0.39 is 23.2 Å². The zero-order valence-electron chi connectivity index (χ0n) is 23.4. The predicted octanol–water partition coefficient (Wildman–Crippen LogP) is 4.43. The van der Waals surface area contributed by atoms with Crippen LogP contribution < -0.4 is 16.4 Å². The van der Waals surface area contributed by atoms with E-state index in [0.717, 1.165) is 5.56 Å². The van der Waals surface area contributed by atoms with Gasteiger partial charge in [-0.3, -0.25) is 19.4 Å². The van der Waals surface area contributed by atoms with Gasteiger partial charge in [-0.25, -0.2) is 14.4 Å². The van der Waals surface area contributed by atoms with Crippen molar-refractivity contribution in [2.45, 2.75) is 52.0 Å². The summed E-state index contributed by atoms with van der Waals surface area (Å²) >= 11 is 6.07. The smallest absolute Gasteiger partial charge is 0.254 e. The minimum Gasteiger partial charge on any atom is -0.368 e. The molecule has 1 aliphatic heterocycles. The third kappa shape index (κ3) is 6.14. The molecule has 0 radical (unpaired) electrons. The number of pyridine rings is 1.